The Morgan fingerprint density at radius 1 is 0.587 bits per heavy atom. The molecule has 2 aliphatic rings. The molecule has 46 heavy (non-hydrogen) atoms. The fourth-order valence-electron chi connectivity index (χ4n) is 7.51. The molecule has 0 spiro atoms. The zero-order chi connectivity index (χ0) is 30.2. The van der Waals surface area contributed by atoms with E-state index in [4.69, 9.17) is 15.0 Å². The number of hydrogen-bond donors (Lipinski definition) is 0. The van der Waals surface area contributed by atoms with E-state index in [0.29, 0.717) is 17.5 Å². The Balaban J connectivity index is 1.23. The summed E-state index contributed by atoms with van der Waals surface area (Å²) in [5.74, 6) is 0.906. The van der Waals surface area contributed by atoms with Crippen molar-refractivity contribution >= 4 is 55.0 Å². The lowest BCUT2D eigenvalue weighted by atomic mass is 9.91. The smallest absolute Gasteiger partial charge is 0.237 e. The molecular formula is C41H27N5. The number of nitrogens with zero attached hydrogens (tertiary/aromatic N) is 5. The summed E-state index contributed by atoms with van der Waals surface area (Å²) in [6, 6.07) is 43.3. The third kappa shape index (κ3) is 3.66. The second kappa shape index (κ2) is 9.71. The van der Waals surface area contributed by atoms with Crippen LogP contribution in [0.25, 0.3) is 60.8 Å². The summed E-state index contributed by atoms with van der Waals surface area (Å²) in [5.41, 5.74) is 8.44. The first-order valence-corrected chi connectivity index (χ1v) is 15.7. The molecule has 0 amide bonds. The molecule has 5 heteroatoms. The number of allylic oxidation sites excluding steroid dienone is 2. The highest BCUT2D eigenvalue weighted by Crippen LogP contribution is 2.49. The van der Waals surface area contributed by atoms with Crippen molar-refractivity contribution in [2.24, 2.45) is 0 Å². The molecular weight excluding hydrogens is 562 g/mol. The van der Waals surface area contributed by atoms with Crippen LogP contribution < -0.4 is 4.90 Å². The summed E-state index contributed by atoms with van der Waals surface area (Å²) in [4.78, 5) is 17.7. The van der Waals surface area contributed by atoms with Crippen LogP contribution in [0, 0.1) is 0 Å². The predicted octanol–water partition coefficient (Wildman–Crippen LogP) is 9.67. The van der Waals surface area contributed by atoms with Gasteiger partial charge in [-0.2, -0.15) is 4.98 Å². The van der Waals surface area contributed by atoms with Crippen molar-refractivity contribution in [2.45, 2.75) is 12.0 Å². The van der Waals surface area contributed by atoms with Crippen molar-refractivity contribution in [1.29, 1.82) is 0 Å². The van der Waals surface area contributed by atoms with E-state index in [-0.39, 0.29) is 6.04 Å². The van der Waals surface area contributed by atoms with Crippen LogP contribution in [-0.4, -0.2) is 25.6 Å². The van der Waals surface area contributed by atoms with Gasteiger partial charge in [-0.05, 0) is 64.9 Å². The van der Waals surface area contributed by atoms with Crippen LogP contribution in [-0.2, 0) is 0 Å². The molecule has 216 valence electrons. The highest BCUT2D eigenvalue weighted by Gasteiger charge is 2.37. The Labute approximate surface area is 265 Å². The number of para-hydroxylation sites is 2. The van der Waals surface area contributed by atoms with Crippen LogP contribution in [0.15, 0.2) is 152 Å². The number of benzene rings is 5. The zero-order valence-electron chi connectivity index (χ0n) is 24.8. The van der Waals surface area contributed by atoms with E-state index < -0.39 is 0 Å². The lowest BCUT2D eigenvalue weighted by molar-refractivity contribution is 0.745. The van der Waals surface area contributed by atoms with Gasteiger partial charge in [-0.3, -0.25) is 4.57 Å². The van der Waals surface area contributed by atoms with Crippen LogP contribution in [0.1, 0.15) is 11.5 Å². The first-order chi connectivity index (χ1) is 22.8. The molecule has 2 atom stereocenters. The van der Waals surface area contributed by atoms with Crippen molar-refractivity contribution in [3.63, 3.8) is 0 Å². The molecule has 0 saturated heterocycles. The van der Waals surface area contributed by atoms with E-state index in [1.54, 1.807) is 0 Å². The summed E-state index contributed by atoms with van der Waals surface area (Å²) in [5, 5.41) is 5.68. The van der Waals surface area contributed by atoms with Gasteiger partial charge in [0.15, 0.2) is 5.65 Å². The summed E-state index contributed by atoms with van der Waals surface area (Å²) < 4.78 is 2.20. The maximum atomic E-state index is 5.37. The maximum Gasteiger partial charge on any atom is 0.237 e. The Morgan fingerprint density at radius 3 is 2.28 bits per heavy atom. The third-order valence-corrected chi connectivity index (χ3v) is 9.56. The summed E-state index contributed by atoms with van der Waals surface area (Å²) >= 11 is 0. The van der Waals surface area contributed by atoms with E-state index in [0.717, 1.165) is 27.7 Å². The maximum absolute atomic E-state index is 5.37. The average Bonchev–Trinajstić information content (AvgIpc) is 3.62. The first-order valence-electron chi connectivity index (χ1n) is 15.7. The number of anilines is 2. The normalized spacial score (nSPS) is 16.9. The topological polar surface area (TPSA) is 46.8 Å². The van der Waals surface area contributed by atoms with Gasteiger partial charge in [0.1, 0.15) is 0 Å². The molecule has 8 aromatic rings. The van der Waals surface area contributed by atoms with E-state index in [9.17, 15) is 0 Å². The molecule has 5 aromatic carbocycles. The van der Waals surface area contributed by atoms with Gasteiger partial charge < -0.3 is 4.90 Å². The lowest BCUT2D eigenvalue weighted by Crippen LogP contribution is -2.28. The molecule has 0 fully saturated rings. The molecule has 0 N–H and O–H groups in total. The standard InChI is InChI=1S/C41H27N5/c1-2-13-29(14-3-1)45-35-18-8-6-15-30(35)32-21-20-28(25-37(32)45)39-33-17-10-22-42-40(33)44-41(43-39)46-36-19-9-7-16-31(36)34-23-26-11-4-5-12-27(26)24-38(34)46/h1-25,30,35H. The average molecular weight is 590 g/mol. The van der Waals surface area contributed by atoms with E-state index in [2.05, 4.69) is 149 Å². The van der Waals surface area contributed by atoms with Crippen molar-refractivity contribution in [3.05, 3.63) is 157 Å². The number of pyridine rings is 1. The number of rotatable bonds is 3. The highest BCUT2D eigenvalue weighted by atomic mass is 15.2. The predicted molar refractivity (Wildman–Crippen MR) is 188 cm³/mol. The second-order valence-electron chi connectivity index (χ2n) is 12.1. The summed E-state index contributed by atoms with van der Waals surface area (Å²) in [6.07, 6.45) is 10.8. The number of aromatic nitrogens is 4. The Bertz CT molecular complexity index is 2560. The van der Waals surface area contributed by atoms with Gasteiger partial charge in [-0.15, -0.1) is 0 Å². The molecule has 3 aromatic heterocycles. The summed E-state index contributed by atoms with van der Waals surface area (Å²) in [7, 11) is 0. The van der Waals surface area contributed by atoms with E-state index in [1.165, 1.54) is 38.5 Å². The minimum absolute atomic E-state index is 0.226. The number of hydrogen-bond acceptors (Lipinski definition) is 4. The second-order valence-corrected chi connectivity index (χ2v) is 12.1. The third-order valence-electron chi connectivity index (χ3n) is 9.56. The van der Waals surface area contributed by atoms with Crippen LogP contribution in [0.3, 0.4) is 0 Å². The zero-order valence-corrected chi connectivity index (χ0v) is 24.8. The molecule has 4 heterocycles. The Morgan fingerprint density at radius 2 is 1.37 bits per heavy atom. The molecule has 2 unspecified atom stereocenters. The fraction of sp³-hybridized carbons (Fsp3) is 0.0488. The van der Waals surface area contributed by atoms with Gasteiger partial charge >= 0.3 is 0 Å². The molecule has 0 radical (unpaired) electrons. The fourth-order valence-corrected chi connectivity index (χ4v) is 7.51. The largest absolute Gasteiger partial charge is 0.333 e. The molecule has 0 saturated carbocycles. The van der Waals surface area contributed by atoms with Crippen molar-refractivity contribution < 1.29 is 0 Å². The quantitative estimate of drug-likeness (QED) is 0.206. The van der Waals surface area contributed by atoms with Crippen LogP contribution in [0.4, 0.5) is 11.4 Å². The minimum Gasteiger partial charge on any atom is -0.333 e. The van der Waals surface area contributed by atoms with E-state index >= 15 is 0 Å². The summed E-state index contributed by atoms with van der Waals surface area (Å²) in [6.45, 7) is 0. The molecule has 0 bridgehead atoms. The van der Waals surface area contributed by atoms with Gasteiger partial charge in [-0.25, -0.2) is 9.97 Å². The van der Waals surface area contributed by atoms with Gasteiger partial charge in [0, 0.05) is 45.2 Å². The molecule has 10 rings (SSSR count). The van der Waals surface area contributed by atoms with E-state index in [1.807, 2.05) is 12.3 Å². The molecule has 1 aliphatic heterocycles. The highest BCUT2D eigenvalue weighted by molar-refractivity contribution is 6.13. The number of fused-ring (bicyclic) bond motifs is 8. The van der Waals surface area contributed by atoms with Crippen LogP contribution in [0.2, 0.25) is 0 Å². The SMILES string of the molecule is C1=CC2c3ccc(-c4nc(-n5c6ccccc6c6cc7ccccc7cc65)nc5ncccc45)cc3N(c3ccccc3)C2C=C1. The van der Waals surface area contributed by atoms with Crippen molar-refractivity contribution in [2.75, 3.05) is 4.90 Å². The van der Waals surface area contributed by atoms with Crippen molar-refractivity contribution in [3.8, 4) is 17.2 Å². The minimum atomic E-state index is 0.226. The first kappa shape index (κ1) is 25.3. The Hall–Kier alpha value is -6.07. The Kier molecular flexibility index (Phi) is 5.34. The molecule has 5 nitrogen and oxygen atoms in total. The van der Waals surface area contributed by atoms with Gasteiger partial charge in [0.25, 0.3) is 0 Å². The van der Waals surface area contributed by atoms with Gasteiger partial charge in [-0.1, -0.05) is 97.1 Å². The van der Waals surface area contributed by atoms with Crippen molar-refractivity contribution in [1.82, 2.24) is 19.5 Å². The van der Waals surface area contributed by atoms with Crippen LogP contribution in [0.5, 0.6) is 0 Å². The van der Waals surface area contributed by atoms with Crippen LogP contribution >= 0.6 is 0 Å². The van der Waals surface area contributed by atoms with Gasteiger partial charge in [0.05, 0.1) is 22.8 Å². The molecule has 1 aliphatic carbocycles. The lowest BCUT2D eigenvalue weighted by Gasteiger charge is -2.28. The monoisotopic (exact) mass is 589 g/mol. The van der Waals surface area contributed by atoms with Gasteiger partial charge in [0.2, 0.25) is 5.95 Å².